The van der Waals surface area contributed by atoms with Gasteiger partial charge in [-0.05, 0) is 32.1 Å². The van der Waals surface area contributed by atoms with Gasteiger partial charge in [-0.15, -0.1) is 0 Å². The number of hydrogen-bond donors (Lipinski definition) is 6. The van der Waals surface area contributed by atoms with Crippen LogP contribution in [0.2, 0.25) is 0 Å². The number of allylic oxidation sites excluding steroid dienone is 3. The van der Waals surface area contributed by atoms with E-state index in [2.05, 4.69) is 31.3 Å². The first kappa shape index (κ1) is 44.7. The Morgan fingerprint density at radius 3 is 1.75 bits per heavy atom. The normalized spacial score (nSPS) is 22.9. The molecule has 6 N–H and O–H groups in total. The first-order valence-electron chi connectivity index (χ1n) is 19.6. The highest BCUT2D eigenvalue weighted by Gasteiger charge is 2.44. The second-order valence-electron chi connectivity index (χ2n) is 13.7. The Morgan fingerprint density at radius 1 is 0.688 bits per heavy atom. The summed E-state index contributed by atoms with van der Waals surface area (Å²) in [6, 6.07) is -0.814. The molecule has 282 valence electrons. The Kier molecular flexibility index (Phi) is 28.4. The number of carbonyl (C=O) groups excluding carboxylic acids is 1. The molecule has 0 aromatic carbocycles. The molecule has 0 radical (unpaired) electrons. The average Bonchev–Trinajstić information content (AvgIpc) is 3.08. The number of rotatable bonds is 31. The zero-order valence-corrected chi connectivity index (χ0v) is 30.5. The fourth-order valence-electron chi connectivity index (χ4n) is 6.05. The van der Waals surface area contributed by atoms with E-state index in [0.29, 0.717) is 6.42 Å². The minimum atomic E-state index is -1.57. The molecular weight excluding hydrogens is 610 g/mol. The quantitative estimate of drug-likeness (QED) is 0.0346. The summed E-state index contributed by atoms with van der Waals surface area (Å²) in [5.74, 6) is -0.189. The fourth-order valence-corrected chi connectivity index (χ4v) is 6.05. The molecule has 1 amide bonds. The molecule has 9 heteroatoms. The van der Waals surface area contributed by atoms with Crippen LogP contribution >= 0.6 is 0 Å². The van der Waals surface area contributed by atoms with E-state index in [1.54, 1.807) is 6.08 Å². The van der Waals surface area contributed by atoms with E-state index in [1.165, 1.54) is 103 Å². The maximum atomic E-state index is 12.8. The molecule has 1 aliphatic rings. The molecule has 1 fully saturated rings. The lowest BCUT2D eigenvalue weighted by Crippen LogP contribution is -2.60. The molecule has 2 unspecified atom stereocenters. The third-order valence-corrected chi connectivity index (χ3v) is 9.28. The van der Waals surface area contributed by atoms with Crippen LogP contribution in [0.15, 0.2) is 24.3 Å². The molecule has 1 aliphatic heterocycles. The lowest BCUT2D eigenvalue weighted by atomic mass is 9.99. The second kappa shape index (κ2) is 30.5. The number of amides is 1. The van der Waals surface area contributed by atoms with E-state index in [0.717, 1.165) is 38.5 Å². The van der Waals surface area contributed by atoms with Crippen molar-refractivity contribution in [1.29, 1.82) is 0 Å². The fraction of sp³-hybridized carbons (Fsp3) is 0.872. The SMILES string of the molecule is CCCCCCCC/C=C/CC/C=C/[C@@H](O)[C@H](CO[C@H]1O[C@@H](CO)[C@H](O)C(O)C1O)NC(=O)CCCCCCCCCCCCCCC. The number of aliphatic hydroxyl groups is 5. The molecule has 7 atom stereocenters. The van der Waals surface area contributed by atoms with Crippen LogP contribution in [0.1, 0.15) is 162 Å². The largest absolute Gasteiger partial charge is 0.394 e. The van der Waals surface area contributed by atoms with Crippen molar-refractivity contribution in [3.8, 4) is 0 Å². The van der Waals surface area contributed by atoms with Crippen LogP contribution in [0, 0.1) is 0 Å². The highest BCUT2D eigenvalue weighted by atomic mass is 16.7. The standard InChI is InChI=1S/C39H73NO8/c1-3-5-7-9-11-13-15-17-19-21-23-25-27-29-35(43)40-32(31-47-39-38(46)37(45)36(44)34(30-41)48-39)33(42)28-26-24-22-20-18-16-14-12-10-8-6-4-2/h18,20,26,28,32-34,36-39,41-42,44-46H,3-17,19,21-25,27,29-31H2,1-2H3,(H,40,43)/b20-18+,28-26+/t32-,33+,34-,36-,37?,38?,39-/m0/s1. The van der Waals surface area contributed by atoms with Crippen LogP contribution < -0.4 is 5.32 Å². The lowest BCUT2D eigenvalue weighted by Gasteiger charge is -2.40. The van der Waals surface area contributed by atoms with Crippen LogP contribution in [-0.4, -0.2) is 87.5 Å². The number of carbonyl (C=O) groups is 1. The van der Waals surface area contributed by atoms with Gasteiger partial charge < -0.3 is 40.3 Å². The Hall–Kier alpha value is -1.33. The Balaban J connectivity index is 2.47. The zero-order valence-electron chi connectivity index (χ0n) is 30.5. The van der Waals surface area contributed by atoms with Crippen molar-refractivity contribution in [3.63, 3.8) is 0 Å². The van der Waals surface area contributed by atoms with Gasteiger partial charge in [-0.3, -0.25) is 4.79 Å². The van der Waals surface area contributed by atoms with Crippen LogP contribution in [0.3, 0.4) is 0 Å². The minimum absolute atomic E-state index is 0.189. The molecule has 9 nitrogen and oxygen atoms in total. The minimum Gasteiger partial charge on any atom is -0.394 e. The van der Waals surface area contributed by atoms with Gasteiger partial charge in [-0.1, -0.05) is 147 Å². The summed E-state index contributed by atoms with van der Waals surface area (Å²) in [5, 5.41) is 53.8. The van der Waals surface area contributed by atoms with Crippen LogP contribution in [0.5, 0.6) is 0 Å². The summed E-state index contributed by atoms with van der Waals surface area (Å²) in [6.07, 6.45) is 26.5. The maximum Gasteiger partial charge on any atom is 0.220 e. The number of nitrogens with one attached hydrogen (secondary N) is 1. The van der Waals surface area contributed by atoms with Gasteiger partial charge in [0.05, 0.1) is 25.4 Å². The van der Waals surface area contributed by atoms with Gasteiger partial charge in [0, 0.05) is 6.42 Å². The first-order chi connectivity index (χ1) is 23.3. The Bertz CT molecular complexity index is 807. The Morgan fingerprint density at radius 2 is 1.19 bits per heavy atom. The second-order valence-corrected chi connectivity index (χ2v) is 13.7. The van der Waals surface area contributed by atoms with E-state index in [4.69, 9.17) is 9.47 Å². The number of unbranched alkanes of at least 4 members (excludes halogenated alkanes) is 19. The third-order valence-electron chi connectivity index (χ3n) is 9.28. The molecule has 1 saturated heterocycles. The molecule has 48 heavy (non-hydrogen) atoms. The predicted molar refractivity (Wildman–Crippen MR) is 193 cm³/mol. The summed E-state index contributed by atoms with van der Waals surface area (Å²) in [4.78, 5) is 12.8. The Labute approximate surface area is 292 Å². The van der Waals surface area contributed by atoms with Crippen LogP contribution in [0.25, 0.3) is 0 Å². The number of hydrogen-bond acceptors (Lipinski definition) is 8. The molecule has 0 bridgehead atoms. The molecule has 0 aliphatic carbocycles. The van der Waals surface area contributed by atoms with Gasteiger partial charge in [-0.25, -0.2) is 0 Å². The molecule has 0 spiro atoms. The first-order valence-corrected chi connectivity index (χ1v) is 19.6. The van der Waals surface area contributed by atoms with E-state index >= 15 is 0 Å². The highest BCUT2D eigenvalue weighted by molar-refractivity contribution is 5.76. The third kappa shape index (κ3) is 21.7. The van der Waals surface area contributed by atoms with Crippen LogP contribution in [-0.2, 0) is 14.3 Å². The van der Waals surface area contributed by atoms with Crippen molar-refractivity contribution in [2.45, 2.75) is 204 Å². The molecule has 1 heterocycles. The number of aliphatic hydroxyl groups excluding tert-OH is 5. The molecular formula is C39H73NO8. The monoisotopic (exact) mass is 684 g/mol. The van der Waals surface area contributed by atoms with Gasteiger partial charge in [0.25, 0.3) is 0 Å². The van der Waals surface area contributed by atoms with E-state index in [1.807, 2.05) is 6.08 Å². The van der Waals surface area contributed by atoms with Gasteiger partial charge in [0.2, 0.25) is 5.91 Å². The average molecular weight is 684 g/mol. The van der Waals surface area contributed by atoms with Gasteiger partial charge in [0.1, 0.15) is 24.4 Å². The van der Waals surface area contributed by atoms with Gasteiger partial charge in [-0.2, -0.15) is 0 Å². The summed E-state index contributed by atoms with van der Waals surface area (Å²) in [7, 11) is 0. The smallest absolute Gasteiger partial charge is 0.220 e. The van der Waals surface area contributed by atoms with Gasteiger partial charge in [0.15, 0.2) is 6.29 Å². The van der Waals surface area contributed by atoms with Crippen LogP contribution in [0.4, 0.5) is 0 Å². The topological polar surface area (TPSA) is 149 Å². The lowest BCUT2D eigenvalue weighted by molar-refractivity contribution is -0.302. The molecule has 0 aromatic heterocycles. The van der Waals surface area contributed by atoms with Crippen molar-refractivity contribution >= 4 is 5.91 Å². The van der Waals surface area contributed by atoms with E-state index in [9.17, 15) is 30.3 Å². The maximum absolute atomic E-state index is 12.8. The molecule has 1 rings (SSSR count). The van der Waals surface area contributed by atoms with Crippen molar-refractivity contribution in [1.82, 2.24) is 5.32 Å². The van der Waals surface area contributed by atoms with E-state index < -0.39 is 49.5 Å². The zero-order chi connectivity index (χ0) is 35.2. The van der Waals surface area contributed by atoms with Gasteiger partial charge >= 0.3 is 0 Å². The summed E-state index contributed by atoms with van der Waals surface area (Å²) in [5.41, 5.74) is 0. The van der Waals surface area contributed by atoms with Crippen molar-refractivity contribution < 1.29 is 39.8 Å². The highest BCUT2D eigenvalue weighted by Crippen LogP contribution is 2.22. The van der Waals surface area contributed by atoms with E-state index in [-0.39, 0.29) is 12.5 Å². The molecule has 0 aromatic rings. The predicted octanol–water partition coefficient (Wildman–Crippen LogP) is 6.77. The number of ether oxygens (including phenoxy) is 2. The van der Waals surface area contributed by atoms with Crippen molar-refractivity contribution in [3.05, 3.63) is 24.3 Å². The summed E-state index contributed by atoms with van der Waals surface area (Å²) >= 11 is 0. The molecule has 0 saturated carbocycles. The summed E-state index contributed by atoms with van der Waals surface area (Å²) in [6.45, 7) is 3.71. The van der Waals surface area contributed by atoms with Crippen molar-refractivity contribution in [2.24, 2.45) is 0 Å². The van der Waals surface area contributed by atoms with Crippen molar-refractivity contribution in [2.75, 3.05) is 13.2 Å². The summed E-state index contributed by atoms with van der Waals surface area (Å²) < 4.78 is 11.1.